The molecule has 1 aromatic heterocycles. The summed E-state index contributed by atoms with van der Waals surface area (Å²) >= 11 is 0. The maximum atomic E-state index is 11.2. The van der Waals surface area contributed by atoms with Crippen molar-refractivity contribution in [2.75, 3.05) is 5.32 Å². The van der Waals surface area contributed by atoms with Crippen molar-refractivity contribution in [2.45, 2.75) is 27.0 Å². The first-order valence-electron chi connectivity index (χ1n) is 7.65. The molecule has 0 atom stereocenters. The van der Waals surface area contributed by atoms with E-state index < -0.39 is 0 Å². The lowest BCUT2D eigenvalue weighted by Crippen LogP contribution is -2.06. The summed E-state index contributed by atoms with van der Waals surface area (Å²) in [7, 11) is 0. The van der Waals surface area contributed by atoms with Crippen LogP contribution in [0, 0.1) is 0 Å². The number of carbonyl (C=O) groups excluding carboxylic acids is 1. The largest absolute Gasteiger partial charge is 0.487 e. The third-order valence-corrected chi connectivity index (χ3v) is 3.67. The number of fused-ring (bicyclic) bond motifs is 2. The van der Waals surface area contributed by atoms with Crippen molar-refractivity contribution < 1.29 is 14.3 Å². The minimum atomic E-state index is -0.109. The number of benzene rings is 1. The molecule has 1 aromatic carbocycles. The number of amides is 1. The highest BCUT2D eigenvalue weighted by molar-refractivity contribution is 5.88. The highest BCUT2D eigenvalue weighted by atomic mass is 16.5. The fourth-order valence-corrected chi connectivity index (χ4v) is 2.61. The van der Waals surface area contributed by atoms with Crippen LogP contribution in [0.5, 0.6) is 5.75 Å². The van der Waals surface area contributed by atoms with Crippen LogP contribution in [0.15, 0.2) is 43.2 Å². The topological polar surface area (TPSA) is 65.4 Å². The van der Waals surface area contributed by atoms with Gasteiger partial charge in [0.05, 0.1) is 18.5 Å². The molecule has 0 fully saturated rings. The Morgan fingerprint density at radius 1 is 1.46 bits per heavy atom. The average molecular weight is 325 g/mol. The van der Waals surface area contributed by atoms with Crippen LogP contribution in [-0.2, 0) is 22.7 Å². The molecule has 0 spiro atoms. The second-order valence-electron chi connectivity index (χ2n) is 5.41. The second-order valence-corrected chi connectivity index (χ2v) is 5.41. The summed E-state index contributed by atoms with van der Waals surface area (Å²) in [5.41, 5.74) is 3.42. The predicted octanol–water partition coefficient (Wildman–Crippen LogP) is 3.30. The van der Waals surface area contributed by atoms with Gasteiger partial charge in [-0.05, 0) is 25.1 Å². The van der Waals surface area contributed by atoms with Crippen LogP contribution in [0.1, 0.15) is 30.8 Å². The second kappa shape index (κ2) is 6.62. The van der Waals surface area contributed by atoms with Crippen molar-refractivity contribution in [1.82, 2.24) is 9.78 Å². The molecule has 0 saturated carbocycles. The Bertz CT molecular complexity index is 821. The number of aromatic nitrogens is 2. The molecule has 1 aliphatic rings. The van der Waals surface area contributed by atoms with E-state index in [9.17, 15) is 4.79 Å². The molecule has 6 nitrogen and oxygen atoms in total. The quantitative estimate of drug-likeness (QED) is 0.876. The molecular formula is C18H19N3O3. The molecule has 0 bridgehead atoms. The van der Waals surface area contributed by atoms with Crippen LogP contribution in [0.3, 0.4) is 0 Å². The Kier molecular flexibility index (Phi) is 4.37. The SMILES string of the molecule is C=CO/C(=C\C)c1cc2n(n1)Cc1ccc(NC(C)=O)cc1OC2. The van der Waals surface area contributed by atoms with E-state index in [-0.39, 0.29) is 5.91 Å². The normalized spacial score (nSPS) is 13.2. The Balaban J connectivity index is 1.88. The monoisotopic (exact) mass is 325 g/mol. The molecule has 24 heavy (non-hydrogen) atoms. The van der Waals surface area contributed by atoms with Crippen molar-refractivity contribution in [2.24, 2.45) is 0 Å². The number of rotatable bonds is 4. The van der Waals surface area contributed by atoms with Gasteiger partial charge in [0.25, 0.3) is 0 Å². The summed E-state index contributed by atoms with van der Waals surface area (Å²) in [6, 6.07) is 7.58. The zero-order valence-corrected chi connectivity index (χ0v) is 13.7. The molecule has 124 valence electrons. The van der Waals surface area contributed by atoms with Gasteiger partial charge in [-0.1, -0.05) is 12.6 Å². The highest BCUT2D eigenvalue weighted by Crippen LogP contribution is 2.29. The average Bonchev–Trinajstić information content (AvgIpc) is 2.87. The first-order chi connectivity index (χ1) is 11.6. The molecule has 6 heteroatoms. The first-order valence-corrected chi connectivity index (χ1v) is 7.65. The zero-order valence-electron chi connectivity index (χ0n) is 13.7. The lowest BCUT2D eigenvalue weighted by molar-refractivity contribution is -0.114. The number of hydrogen-bond donors (Lipinski definition) is 1. The van der Waals surface area contributed by atoms with Crippen LogP contribution in [0.2, 0.25) is 0 Å². The molecule has 0 radical (unpaired) electrons. The predicted molar refractivity (Wildman–Crippen MR) is 91.3 cm³/mol. The van der Waals surface area contributed by atoms with Crippen LogP contribution in [0.25, 0.3) is 5.76 Å². The van der Waals surface area contributed by atoms with Gasteiger partial charge in [-0.3, -0.25) is 9.48 Å². The van der Waals surface area contributed by atoms with Gasteiger partial charge in [0.1, 0.15) is 23.8 Å². The van der Waals surface area contributed by atoms with Gasteiger partial charge in [-0.25, -0.2) is 0 Å². The molecule has 3 rings (SSSR count). The van der Waals surface area contributed by atoms with E-state index in [1.807, 2.05) is 41.9 Å². The molecule has 1 aliphatic heterocycles. The summed E-state index contributed by atoms with van der Waals surface area (Å²) in [6.07, 6.45) is 3.23. The van der Waals surface area contributed by atoms with E-state index >= 15 is 0 Å². The van der Waals surface area contributed by atoms with Crippen molar-refractivity contribution >= 4 is 17.4 Å². The van der Waals surface area contributed by atoms with E-state index in [1.165, 1.54) is 13.2 Å². The Hall–Kier alpha value is -3.02. The number of anilines is 1. The van der Waals surface area contributed by atoms with Crippen LogP contribution < -0.4 is 10.1 Å². The number of carbonyl (C=O) groups is 1. The van der Waals surface area contributed by atoms with Gasteiger partial charge in [0.15, 0.2) is 0 Å². The summed E-state index contributed by atoms with van der Waals surface area (Å²) in [5, 5.41) is 7.36. The Morgan fingerprint density at radius 2 is 2.29 bits per heavy atom. The number of ether oxygens (including phenoxy) is 2. The summed E-state index contributed by atoms with van der Waals surface area (Å²) < 4.78 is 13.2. The van der Waals surface area contributed by atoms with Crippen molar-refractivity contribution in [3.63, 3.8) is 0 Å². The summed E-state index contributed by atoms with van der Waals surface area (Å²) in [4.78, 5) is 11.2. The third kappa shape index (κ3) is 3.17. The number of hydrogen-bond acceptors (Lipinski definition) is 4. The lowest BCUT2D eigenvalue weighted by atomic mass is 10.2. The maximum Gasteiger partial charge on any atom is 0.221 e. The Morgan fingerprint density at radius 3 is 3.00 bits per heavy atom. The molecule has 2 aromatic rings. The van der Waals surface area contributed by atoms with Crippen LogP contribution in [0.4, 0.5) is 5.69 Å². The van der Waals surface area contributed by atoms with Crippen LogP contribution >= 0.6 is 0 Å². The van der Waals surface area contributed by atoms with Crippen LogP contribution in [-0.4, -0.2) is 15.7 Å². The highest BCUT2D eigenvalue weighted by Gasteiger charge is 2.18. The maximum absolute atomic E-state index is 11.2. The molecule has 0 aliphatic carbocycles. The summed E-state index contributed by atoms with van der Waals surface area (Å²) in [6.45, 7) is 7.94. The zero-order chi connectivity index (χ0) is 17.1. The van der Waals surface area contributed by atoms with Gasteiger partial charge in [-0.15, -0.1) is 0 Å². The van der Waals surface area contributed by atoms with E-state index in [1.54, 1.807) is 0 Å². The van der Waals surface area contributed by atoms with E-state index in [2.05, 4.69) is 17.0 Å². The molecule has 1 amide bonds. The summed E-state index contributed by atoms with van der Waals surface area (Å²) in [5.74, 6) is 1.30. The van der Waals surface area contributed by atoms with Crippen molar-refractivity contribution in [3.8, 4) is 5.75 Å². The van der Waals surface area contributed by atoms with Gasteiger partial charge < -0.3 is 14.8 Å². The lowest BCUT2D eigenvalue weighted by Gasteiger charge is -2.09. The van der Waals surface area contributed by atoms with Crippen molar-refractivity contribution in [1.29, 1.82) is 0 Å². The molecule has 2 heterocycles. The third-order valence-electron chi connectivity index (χ3n) is 3.67. The van der Waals surface area contributed by atoms with Gasteiger partial charge in [0, 0.05) is 24.2 Å². The van der Waals surface area contributed by atoms with E-state index in [4.69, 9.17) is 9.47 Å². The molecule has 0 unspecified atom stereocenters. The standard InChI is InChI=1S/C18H19N3O3/c1-4-17(23-5-2)16-9-15-11-24-18-8-14(19-12(3)22)7-6-13(18)10-21(15)20-16/h4-9H,2,10-11H2,1,3H3,(H,19,22)/b17-4-. The van der Waals surface area contributed by atoms with Gasteiger partial charge in [0.2, 0.25) is 5.91 Å². The van der Waals surface area contributed by atoms with E-state index in [0.717, 1.165) is 28.4 Å². The van der Waals surface area contributed by atoms with Gasteiger partial charge >= 0.3 is 0 Å². The molecule has 0 saturated heterocycles. The number of nitrogens with zero attached hydrogens (tertiary/aromatic N) is 2. The Labute approximate surface area is 140 Å². The minimum Gasteiger partial charge on any atom is -0.487 e. The molecular weight excluding hydrogens is 306 g/mol. The number of allylic oxidation sites excluding steroid dienone is 1. The number of nitrogens with one attached hydrogen (secondary N) is 1. The smallest absolute Gasteiger partial charge is 0.221 e. The fraction of sp³-hybridized carbons (Fsp3) is 0.222. The first kappa shape index (κ1) is 15.9. The van der Waals surface area contributed by atoms with Crippen molar-refractivity contribution in [3.05, 3.63) is 60.1 Å². The fourth-order valence-electron chi connectivity index (χ4n) is 2.61. The van der Waals surface area contributed by atoms with E-state index in [0.29, 0.717) is 18.9 Å². The minimum absolute atomic E-state index is 0.109. The molecule has 1 N–H and O–H groups in total. The van der Waals surface area contributed by atoms with Gasteiger partial charge in [-0.2, -0.15) is 5.10 Å².